The largest absolute Gasteiger partial charge is 0.351 e. The summed E-state index contributed by atoms with van der Waals surface area (Å²) in [5.41, 5.74) is 1.86. The van der Waals surface area contributed by atoms with Crippen LogP contribution in [-0.4, -0.2) is 38.0 Å². The molecule has 0 saturated heterocycles. The van der Waals surface area contributed by atoms with E-state index in [0.29, 0.717) is 0 Å². The van der Waals surface area contributed by atoms with Crippen molar-refractivity contribution in [1.82, 2.24) is 9.62 Å². The van der Waals surface area contributed by atoms with Gasteiger partial charge in [0.25, 0.3) is 5.91 Å². The Morgan fingerprint density at radius 3 is 2.31 bits per heavy atom. The molecule has 2 aromatic carbocycles. The van der Waals surface area contributed by atoms with E-state index in [1.165, 1.54) is 4.31 Å². The minimum absolute atomic E-state index is 0.0339. The van der Waals surface area contributed by atoms with Gasteiger partial charge < -0.3 is 5.32 Å². The zero-order valence-corrected chi connectivity index (χ0v) is 15.3. The number of amides is 1. The van der Waals surface area contributed by atoms with Crippen molar-refractivity contribution in [3.63, 3.8) is 0 Å². The van der Waals surface area contributed by atoms with Crippen molar-refractivity contribution in [1.29, 1.82) is 0 Å². The lowest BCUT2D eigenvalue weighted by Gasteiger charge is -2.20. The number of carbonyl (C=O) groups excluding carboxylic acids is 1. The summed E-state index contributed by atoms with van der Waals surface area (Å²) in [7, 11) is -3.48. The molecule has 0 aromatic heterocycles. The van der Waals surface area contributed by atoms with Crippen LogP contribution < -0.4 is 5.32 Å². The van der Waals surface area contributed by atoms with Crippen LogP contribution in [0.2, 0.25) is 0 Å². The minimum atomic E-state index is -3.48. The number of benzene rings is 2. The summed E-state index contributed by atoms with van der Waals surface area (Å²) in [4.78, 5) is 12.0. The van der Waals surface area contributed by atoms with E-state index >= 15 is 0 Å². The first-order valence-electron chi connectivity index (χ1n) is 7.91. The monoisotopic (exact) mass is 382 g/mol. The fourth-order valence-electron chi connectivity index (χ4n) is 2.29. The van der Waals surface area contributed by atoms with E-state index in [-0.39, 0.29) is 25.2 Å². The van der Waals surface area contributed by atoms with Gasteiger partial charge in [-0.2, -0.15) is 4.31 Å². The van der Waals surface area contributed by atoms with Crippen LogP contribution in [0.4, 0.5) is 8.78 Å². The zero-order chi connectivity index (χ0) is 19.3. The van der Waals surface area contributed by atoms with Gasteiger partial charge >= 0.3 is 0 Å². The third kappa shape index (κ3) is 5.60. The molecule has 0 saturated carbocycles. The summed E-state index contributed by atoms with van der Waals surface area (Å²) in [5.74, 6) is -2.76. The molecular weight excluding hydrogens is 362 g/mol. The summed E-state index contributed by atoms with van der Waals surface area (Å²) in [6.45, 7) is 2.21. The quantitative estimate of drug-likeness (QED) is 0.800. The van der Waals surface area contributed by atoms with Crippen LogP contribution >= 0.6 is 0 Å². The standard InChI is InChI=1S/C18H20F2N2O3S/c1-13-3-5-14(6-4-13)12-22(26(2,24)25)10-9-21-18(23)15-7-8-16(19)17(20)11-15/h3-8,11H,9-10,12H2,1-2H3,(H,21,23). The molecule has 0 heterocycles. The number of hydrogen-bond donors (Lipinski definition) is 1. The van der Waals surface area contributed by atoms with Crippen LogP contribution in [0, 0.1) is 18.6 Å². The van der Waals surface area contributed by atoms with Gasteiger partial charge in [0, 0.05) is 25.2 Å². The number of halogens is 2. The maximum absolute atomic E-state index is 13.2. The van der Waals surface area contributed by atoms with Gasteiger partial charge in [-0.1, -0.05) is 29.8 Å². The Morgan fingerprint density at radius 1 is 1.08 bits per heavy atom. The lowest BCUT2D eigenvalue weighted by molar-refractivity contribution is 0.0951. The topological polar surface area (TPSA) is 66.5 Å². The lowest BCUT2D eigenvalue weighted by Crippen LogP contribution is -2.37. The SMILES string of the molecule is Cc1ccc(CN(CCNC(=O)c2ccc(F)c(F)c2)S(C)(=O)=O)cc1. The van der Waals surface area contributed by atoms with E-state index in [4.69, 9.17) is 0 Å². The molecule has 0 fully saturated rings. The van der Waals surface area contributed by atoms with Gasteiger partial charge in [0.2, 0.25) is 10.0 Å². The van der Waals surface area contributed by atoms with Crippen LogP contribution in [0.1, 0.15) is 21.5 Å². The highest BCUT2D eigenvalue weighted by Crippen LogP contribution is 2.10. The van der Waals surface area contributed by atoms with Gasteiger partial charge in [-0.3, -0.25) is 4.79 Å². The van der Waals surface area contributed by atoms with Gasteiger partial charge in [0.15, 0.2) is 11.6 Å². The van der Waals surface area contributed by atoms with Gasteiger partial charge in [-0.25, -0.2) is 17.2 Å². The highest BCUT2D eigenvalue weighted by molar-refractivity contribution is 7.88. The maximum Gasteiger partial charge on any atom is 0.251 e. The smallest absolute Gasteiger partial charge is 0.251 e. The van der Waals surface area contributed by atoms with E-state index in [1.807, 2.05) is 31.2 Å². The van der Waals surface area contributed by atoms with E-state index in [2.05, 4.69) is 5.32 Å². The molecule has 26 heavy (non-hydrogen) atoms. The van der Waals surface area contributed by atoms with E-state index < -0.39 is 27.6 Å². The second-order valence-electron chi connectivity index (χ2n) is 5.97. The lowest BCUT2D eigenvalue weighted by atomic mass is 10.1. The Labute approximate surface area is 151 Å². The first kappa shape index (κ1) is 20.0. The second-order valence-corrected chi connectivity index (χ2v) is 7.95. The fourth-order valence-corrected chi connectivity index (χ4v) is 3.10. The molecule has 0 unspecified atom stereocenters. The molecule has 1 amide bonds. The minimum Gasteiger partial charge on any atom is -0.351 e. The van der Waals surface area contributed by atoms with Crippen LogP contribution in [0.5, 0.6) is 0 Å². The molecular formula is C18H20F2N2O3S. The third-order valence-corrected chi connectivity index (χ3v) is 5.03. The molecule has 1 N–H and O–H groups in total. The number of nitrogens with zero attached hydrogens (tertiary/aromatic N) is 1. The van der Waals surface area contributed by atoms with Crippen molar-refractivity contribution in [2.24, 2.45) is 0 Å². The second kappa shape index (κ2) is 8.37. The van der Waals surface area contributed by atoms with Crippen molar-refractivity contribution in [2.75, 3.05) is 19.3 Å². The highest BCUT2D eigenvalue weighted by atomic mass is 32.2. The van der Waals surface area contributed by atoms with Crippen LogP contribution in [0.25, 0.3) is 0 Å². The molecule has 0 spiro atoms. The molecule has 0 aliphatic carbocycles. The van der Waals surface area contributed by atoms with Crippen molar-refractivity contribution in [3.8, 4) is 0 Å². The van der Waals surface area contributed by atoms with Crippen molar-refractivity contribution >= 4 is 15.9 Å². The molecule has 0 atom stereocenters. The normalized spacial score (nSPS) is 11.6. The Morgan fingerprint density at radius 2 is 1.73 bits per heavy atom. The van der Waals surface area contributed by atoms with Crippen LogP contribution in [0.15, 0.2) is 42.5 Å². The number of hydrogen-bond acceptors (Lipinski definition) is 3. The summed E-state index contributed by atoms with van der Waals surface area (Å²) >= 11 is 0. The third-order valence-electron chi connectivity index (χ3n) is 3.78. The number of carbonyl (C=O) groups is 1. The zero-order valence-electron chi connectivity index (χ0n) is 14.5. The first-order valence-corrected chi connectivity index (χ1v) is 9.75. The Balaban J connectivity index is 1.97. The highest BCUT2D eigenvalue weighted by Gasteiger charge is 2.17. The van der Waals surface area contributed by atoms with Gasteiger partial charge in [0.1, 0.15) is 0 Å². The Bertz CT molecular complexity index is 884. The number of nitrogens with one attached hydrogen (secondary N) is 1. The summed E-state index contributed by atoms with van der Waals surface area (Å²) in [6, 6.07) is 10.3. The van der Waals surface area contributed by atoms with Crippen molar-refractivity contribution in [3.05, 3.63) is 70.8 Å². The van der Waals surface area contributed by atoms with Gasteiger partial charge in [0.05, 0.1) is 6.26 Å². The summed E-state index contributed by atoms with van der Waals surface area (Å²) in [5, 5.41) is 2.51. The van der Waals surface area contributed by atoms with E-state index in [1.54, 1.807) is 0 Å². The predicted octanol–water partition coefficient (Wildman–Crippen LogP) is 2.46. The number of sulfonamides is 1. The molecule has 2 aromatic rings. The average molecular weight is 382 g/mol. The number of aryl methyl sites for hydroxylation is 1. The molecule has 2 rings (SSSR count). The molecule has 140 valence electrons. The molecule has 0 bridgehead atoms. The van der Waals surface area contributed by atoms with E-state index in [9.17, 15) is 22.0 Å². The van der Waals surface area contributed by atoms with Crippen LogP contribution in [0.3, 0.4) is 0 Å². The summed E-state index contributed by atoms with van der Waals surface area (Å²) in [6.07, 6.45) is 1.10. The average Bonchev–Trinajstić information content (AvgIpc) is 2.57. The molecule has 5 nitrogen and oxygen atoms in total. The van der Waals surface area contributed by atoms with Gasteiger partial charge in [-0.15, -0.1) is 0 Å². The molecule has 0 aliphatic heterocycles. The Kier molecular flexibility index (Phi) is 6.44. The maximum atomic E-state index is 13.2. The first-order chi connectivity index (χ1) is 12.2. The molecule has 8 heteroatoms. The van der Waals surface area contributed by atoms with Crippen molar-refractivity contribution in [2.45, 2.75) is 13.5 Å². The van der Waals surface area contributed by atoms with Gasteiger partial charge in [-0.05, 0) is 30.7 Å². The fraction of sp³-hybridized carbons (Fsp3) is 0.278. The molecule has 0 aliphatic rings. The van der Waals surface area contributed by atoms with E-state index in [0.717, 1.165) is 35.6 Å². The predicted molar refractivity (Wildman–Crippen MR) is 95.1 cm³/mol. The molecule has 0 radical (unpaired) electrons. The van der Waals surface area contributed by atoms with Crippen molar-refractivity contribution < 1.29 is 22.0 Å². The summed E-state index contributed by atoms with van der Waals surface area (Å²) < 4.78 is 51.2. The number of rotatable bonds is 7. The van der Waals surface area contributed by atoms with Crippen LogP contribution in [-0.2, 0) is 16.6 Å². The Hall–Kier alpha value is -2.32.